The molecule has 1 aliphatic rings. The lowest BCUT2D eigenvalue weighted by molar-refractivity contribution is 0.326. The highest BCUT2D eigenvalue weighted by Gasteiger charge is 2.21. The third kappa shape index (κ3) is 4.11. The zero-order chi connectivity index (χ0) is 12.8. The van der Waals surface area contributed by atoms with Gasteiger partial charge in [-0.3, -0.25) is 0 Å². The Balaban J connectivity index is 1.72. The molecular formula is C16H26N2. The number of nitrogens with one attached hydrogen (secondary N) is 1. The Morgan fingerprint density at radius 1 is 1.39 bits per heavy atom. The van der Waals surface area contributed by atoms with Crippen molar-refractivity contribution in [2.24, 2.45) is 5.92 Å². The van der Waals surface area contributed by atoms with Gasteiger partial charge in [0.05, 0.1) is 0 Å². The lowest BCUT2D eigenvalue weighted by Gasteiger charge is -2.16. The molecule has 1 fully saturated rings. The topological polar surface area (TPSA) is 15.3 Å². The first-order valence-electron chi connectivity index (χ1n) is 7.26. The Kier molecular flexibility index (Phi) is 5.21. The van der Waals surface area contributed by atoms with E-state index in [1.165, 1.54) is 50.1 Å². The number of nitrogens with zero attached hydrogens (tertiary/aromatic N) is 1. The van der Waals surface area contributed by atoms with E-state index in [1.807, 2.05) is 0 Å². The summed E-state index contributed by atoms with van der Waals surface area (Å²) in [6.07, 6.45) is 2.55. The molecule has 18 heavy (non-hydrogen) atoms. The second kappa shape index (κ2) is 6.91. The Hall–Kier alpha value is -0.860. The molecule has 0 radical (unpaired) electrons. The van der Waals surface area contributed by atoms with Crippen molar-refractivity contribution in [3.8, 4) is 0 Å². The molecule has 2 heteroatoms. The van der Waals surface area contributed by atoms with Crippen LogP contribution in [0.2, 0.25) is 0 Å². The van der Waals surface area contributed by atoms with Crippen molar-refractivity contribution in [1.29, 1.82) is 0 Å². The normalized spacial score (nSPS) is 20.4. The molecule has 0 bridgehead atoms. The van der Waals surface area contributed by atoms with Gasteiger partial charge >= 0.3 is 0 Å². The van der Waals surface area contributed by atoms with Crippen molar-refractivity contribution in [3.63, 3.8) is 0 Å². The predicted molar refractivity (Wildman–Crippen MR) is 78.0 cm³/mol. The molecular weight excluding hydrogens is 220 g/mol. The molecule has 1 aromatic carbocycles. The average Bonchev–Trinajstić information content (AvgIpc) is 2.82. The van der Waals surface area contributed by atoms with Gasteiger partial charge in [0, 0.05) is 13.1 Å². The highest BCUT2D eigenvalue weighted by atomic mass is 15.1. The molecule has 2 rings (SSSR count). The molecule has 1 N–H and O–H groups in total. The van der Waals surface area contributed by atoms with Gasteiger partial charge in [-0.1, -0.05) is 36.8 Å². The first-order chi connectivity index (χ1) is 8.78. The molecule has 2 nitrogen and oxygen atoms in total. The fourth-order valence-corrected chi connectivity index (χ4v) is 2.79. The average molecular weight is 246 g/mol. The molecule has 1 unspecified atom stereocenters. The van der Waals surface area contributed by atoms with Gasteiger partial charge in [0.1, 0.15) is 0 Å². The fraction of sp³-hybridized carbons (Fsp3) is 0.625. The Bertz CT molecular complexity index is 362. The smallest absolute Gasteiger partial charge is 0.00224 e. The third-order valence-electron chi connectivity index (χ3n) is 3.85. The second-order valence-corrected chi connectivity index (χ2v) is 5.50. The van der Waals surface area contributed by atoms with Crippen LogP contribution in [0.3, 0.4) is 0 Å². The molecule has 1 aliphatic heterocycles. The summed E-state index contributed by atoms with van der Waals surface area (Å²) in [7, 11) is 0. The first-order valence-corrected chi connectivity index (χ1v) is 7.26. The number of aryl methyl sites for hydroxylation is 1. The number of hydrogen-bond donors (Lipinski definition) is 1. The minimum absolute atomic E-state index is 0.863. The summed E-state index contributed by atoms with van der Waals surface area (Å²) >= 11 is 0. The maximum Gasteiger partial charge on any atom is 0.00224 e. The van der Waals surface area contributed by atoms with Crippen LogP contribution in [0.1, 0.15) is 24.5 Å². The van der Waals surface area contributed by atoms with Gasteiger partial charge in [-0.05, 0) is 50.9 Å². The van der Waals surface area contributed by atoms with Gasteiger partial charge in [-0.25, -0.2) is 0 Å². The lowest BCUT2D eigenvalue weighted by atomic mass is 10.1. The Morgan fingerprint density at radius 2 is 2.28 bits per heavy atom. The van der Waals surface area contributed by atoms with Gasteiger partial charge in [0.2, 0.25) is 0 Å². The standard InChI is InChI=1S/C16H26N2/c1-3-17-12-16-8-10-18(13-16)9-7-15-6-4-5-14(2)11-15/h4-6,11,16-17H,3,7-10,12-13H2,1-2H3. The largest absolute Gasteiger partial charge is 0.317 e. The number of rotatable bonds is 6. The summed E-state index contributed by atoms with van der Waals surface area (Å²) in [5.74, 6) is 0.863. The molecule has 1 aromatic rings. The molecule has 0 saturated carbocycles. The van der Waals surface area contributed by atoms with E-state index in [9.17, 15) is 0 Å². The highest BCUT2D eigenvalue weighted by molar-refractivity contribution is 5.22. The van der Waals surface area contributed by atoms with Crippen molar-refractivity contribution in [2.45, 2.75) is 26.7 Å². The maximum atomic E-state index is 3.47. The van der Waals surface area contributed by atoms with E-state index in [0.717, 1.165) is 12.5 Å². The predicted octanol–water partition coefficient (Wildman–Crippen LogP) is 2.47. The number of likely N-dealkylation sites (tertiary alicyclic amines) is 1. The molecule has 100 valence electrons. The fourth-order valence-electron chi connectivity index (χ4n) is 2.79. The van der Waals surface area contributed by atoms with E-state index < -0.39 is 0 Å². The van der Waals surface area contributed by atoms with Crippen molar-refractivity contribution in [1.82, 2.24) is 10.2 Å². The van der Waals surface area contributed by atoms with E-state index in [4.69, 9.17) is 0 Å². The zero-order valence-corrected chi connectivity index (χ0v) is 11.8. The van der Waals surface area contributed by atoms with E-state index in [0.29, 0.717) is 0 Å². The van der Waals surface area contributed by atoms with E-state index in [1.54, 1.807) is 0 Å². The van der Waals surface area contributed by atoms with Crippen LogP contribution < -0.4 is 5.32 Å². The van der Waals surface area contributed by atoms with Gasteiger partial charge in [-0.2, -0.15) is 0 Å². The van der Waals surface area contributed by atoms with Gasteiger partial charge < -0.3 is 10.2 Å². The summed E-state index contributed by atoms with van der Waals surface area (Å²) in [6.45, 7) is 10.4. The van der Waals surface area contributed by atoms with Crippen LogP contribution in [0.4, 0.5) is 0 Å². The summed E-state index contributed by atoms with van der Waals surface area (Å²) in [5.41, 5.74) is 2.85. The van der Waals surface area contributed by atoms with Crippen LogP contribution in [-0.2, 0) is 6.42 Å². The monoisotopic (exact) mass is 246 g/mol. The summed E-state index contributed by atoms with van der Waals surface area (Å²) in [4.78, 5) is 2.62. The zero-order valence-electron chi connectivity index (χ0n) is 11.8. The summed E-state index contributed by atoms with van der Waals surface area (Å²) in [6, 6.07) is 8.90. The minimum Gasteiger partial charge on any atom is -0.317 e. The Morgan fingerprint density at radius 3 is 3.06 bits per heavy atom. The highest BCUT2D eigenvalue weighted by Crippen LogP contribution is 2.16. The van der Waals surface area contributed by atoms with E-state index in [2.05, 4.69) is 48.3 Å². The van der Waals surface area contributed by atoms with Crippen LogP contribution in [0.5, 0.6) is 0 Å². The summed E-state index contributed by atoms with van der Waals surface area (Å²) in [5, 5.41) is 3.47. The molecule has 0 spiro atoms. The molecule has 0 aromatic heterocycles. The quantitative estimate of drug-likeness (QED) is 0.829. The van der Waals surface area contributed by atoms with E-state index >= 15 is 0 Å². The van der Waals surface area contributed by atoms with Gasteiger partial charge in [0.25, 0.3) is 0 Å². The van der Waals surface area contributed by atoms with Crippen molar-refractivity contribution in [2.75, 3.05) is 32.7 Å². The van der Waals surface area contributed by atoms with E-state index in [-0.39, 0.29) is 0 Å². The molecule has 1 saturated heterocycles. The molecule has 0 amide bonds. The first kappa shape index (κ1) is 13.6. The van der Waals surface area contributed by atoms with Crippen molar-refractivity contribution < 1.29 is 0 Å². The maximum absolute atomic E-state index is 3.47. The lowest BCUT2D eigenvalue weighted by Crippen LogP contribution is -2.27. The SMILES string of the molecule is CCNCC1CCN(CCc2cccc(C)c2)C1. The molecule has 1 atom stereocenters. The summed E-state index contributed by atoms with van der Waals surface area (Å²) < 4.78 is 0. The van der Waals surface area contributed by atoms with Crippen LogP contribution in [0, 0.1) is 12.8 Å². The van der Waals surface area contributed by atoms with Crippen molar-refractivity contribution >= 4 is 0 Å². The molecule has 1 heterocycles. The van der Waals surface area contributed by atoms with Crippen molar-refractivity contribution in [3.05, 3.63) is 35.4 Å². The third-order valence-corrected chi connectivity index (χ3v) is 3.85. The van der Waals surface area contributed by atoms with Crippen LogP contribution in [0.25, 0.3) is 0 Å². The Labute approximate surface area is 111 Å². The van der Waals surface area contributed by atoms with Gasteiger partial charge in [-0.15, -0.1) is 0 Å². The molecule has 0 aliphatic carbocycles. The van der Waals surface area contributed by atoms with Crippen LogP contribution >= 0.6 is 0 Å². The van der Waals surface area contributed by atoms with Crippen LogP contribution in [-0.4, -0.2) is 37.6 Å². The minimum atomic E-state index is 0.863. The second-order valence-electron chi connectivity index (χ2n) is 5.50. The number of hydrogen-bond acceptors (Lipinski definition) is 2. The number of benzene rings is 1. The van der Waals surface area contributed by atoms with Gasteiger partial charge in [0.15, 0.2) is 0 Å². The van der Waals surface area contributed by atoms with Crippen LogP contribution in [0.15, 0.2) is 24.3 Å².